The molecule has 0 aromatic heterocycles. The van der Waals surface area contributed by atoms with Crippen LogP contribution in [0.5, 0.6) is 5.75 Å². The van der Waals surface area contributed by atoms with Crippen molar-refractivity contribution in [1.29, 1.82) is 0 Å². The van der Waals surface area contributed by atoms with Crippen LogP contribution in [0.4, 0.5) is 0 Å². The van der Waals surface area contributed by atoms with E-state index in [0.717, 1.165) is 0 Å². The van der Waals surface area contributed by atoms with E-state index >= 15 is 0 Å². The van der Waals surface area contributed by atoms with E-state index in [4.69, 9.17) is 15.6 Å². The van der Waals surface area contributed by atoms with Crippen LogP contribution in [0, 0.1) is 0 Å². The lowest BCUT2D eigenvalue weighted by Gasteiger charge is -2.10. The standard InChI is InChI=1S/C11H13NO4/c1-7(13)16-10-8(5-6-12)3-2-4-9(10)11(14)15/h2-4H,5-6,12H2,1H3,(H,14,15). The second-order valence-corrected chi connectivity index (χ2v) is 3.23. The molecule has 0 saturated heterocycles. The van der Waals surface area contributed by atoms with Gasteiger partial charge < -0.3 is 15.6 Å². The van der Waals surface area contributed by atoms with Crippen molar-refractivity contribution in [3.63, 3.8) is 0 Å². The predicted octanol–water partition coefficient (Wildman–Crippen LogP) is 0.811. The molecule has 0 atom stereocenters. The number of esters is 1. The molecule has 0 unspecified atom stereocenters. The second-order valence-electron chi connectivity index (χ2n) is 3.23. The van der Waals surface area contributed by atoms with Crippen molar-refractivity contribution >= 4 is 11.9 Å². The highest BCUT2D eigenvalue weighted by atomic mass is 16.5. The lowest BCUT2D eigenvalue weighted by Crippen LogP contribution is -2.12. The van der Waals surface area contributed by atoms with E-state index in [9.17, 15) is 9.59 Å². The van der Waals surface area contributed by atoms with Gasteiger partial charge in [-0.05, 0) is 24.6 Å². The van der Waals surface area contributed by atoms with Crippen molar-refractivity contribution in [2.45, 2.75) is 13.3 Å². The molecular formula is C11H13NO4. The number of carbonyl (C=O) groups excluding carboxylic acids is 1. The molecule has 0 aliphatic carbocycles. The predicted molar refractivity (Wildman–Crippen MR) is 57.5 cm³/mol. The smallest absolute Gasteiger partial charge is 0.339 e. The van der Waals surface area contributed by atoms with Crippen LogP contribution in [-0.4, -0.2) is 23.6 Å². The number of ether oxygens (including phenoxy) is 1. The number of benzene rings is 1. The maximum atomic E-state index is 10.9. The molecule has 0 saturated carbocycles. The molecule has 16 heavy (non-hydrogen) atoms. The van der Waals surface area contributed by atoms with Gasteiger partial charge in [-0.25, -0.2) is 4.79 Å². The maximum absolute atomic E-state index is 10.9. The molecule has 1 aromatic rings. The topological polar surface area (TPSA) is 89.6 Å². The SMILES string of the molecule is CC(=O)Oc1c(CCN)cccc1C(=O)O. The molecule has 0 spiro atoms. The Kier molecular flexibility index (Phi) is 4.02. The molecule has 1 aromatic carbocycles. The van der Waals surface area contributed by atoms with Crippen LogP contribution in [0.25, 0.3) is 0 Å². The Labute approximate surface area is 92.8 Å². The molecule has 5 nitrogen and oxygen atoms in total. The molecule has 5 heteroatoms. The summed E-state index contributed by atoms with van der Waals surface area (Å²) in [7, 11) is 0. The number of carbonyl (C=O) groups is 2. The molecule has 3 N–H and O–H groups in total. The third-order valence-corrected chi connectivity index (χ3v) is 1.99. The van der Waals surface area contributed by atoms with E-state index in [-0.39, 0.29) is 11.3 Å². The van der Waals surface area contributed by atoms with Gasteiger partial charge in [0, 0.05) is 6.92 Å². The minimum absolute atomic E-state index is 0.0267. The Bertz CT molecular complexity index is 414. The normalized spacial score (nSPS) is 9.88. The van der Waals surface area contributed by atoms with Gasteiger partial charge in [-0.2, -0.15) is 0 Å². The van der Waals surface area contributed by atoms with Crippen LogP contribution in [0.2, 0.25) is 0 Å². The second kappa shape index (κ2) is 5.27. The molecule has 86 valence electrons. The zero-order valence-electron chi connectivity index (χ0n) is 8.90. The summed E-state index contributed by atoms with van der Waals surface area (Å²) in [6.45, 7) is 1.59. The van der Waals surface area contributed by atoms with E-state index in [1.165, 1.54) is 13.0 Å². The first-order chi connectivity index (χ1) is 7.56. The van der Waals surface area contributed by atoms with Crippen molar-refractivity contribution in [2.75, 3.05) is 6.54 Å². The van der Waals surface area contributed by atoms with Gasteiger partial charge in [0.1, 0.15) is 11.3 Å². The van der Waals surface area contributed by atoms with Gasteiger partial charge >= 0.3 is 11.9 Å². The molecule has 0 aliphatic heterocycles. The van der Waals surface area contributed by atoms with Gasteiger partial charge in [-0.3, -0.25) is 4.79 Å². The van der Waals surface area contributed by atoms with Crippen molar-refractivity contribution in [2.24, 2.45) is 5.73 Å². The monoisotopic (exact) mass is 223 g/mol. The summed E-state index contributed by atoms with van der Waals surface area (Å²) in [4.78, 5) is 21.8. The Morgan fingerprint density at radius 3 is 2.62 bits per heavy atom. The number of hydrogen-bond donors (Lipinski definition) is 2. The third-order valence-electron chi connectivity index (χ3n) is 1.99. The molecule has 0 aliphatic rings. The van der Waals surface area contributed by atoms with Crippen molar-refractivity contribution in [3.05, 3.63) is 29.3 Å². The number of aromatic carboxylic acids is 1. The molecule has 0 heterocycles. The van der Waals surface area contributed by atoms with Crippen molar-refractivity contribution in [3.8, 4) is 5.75 Å². The van der Waals surface area contributed by atoms with Crippen LogP contribution in [0.1, 0.15) is 22.8 Å². The van der Waals surface area contributed by atoms with Crippen molar-refractivity contribution < 1.29 is 19.4 Å². The van der Waals surface area contributed by atoms with Gasteiger partial charge in [-0.1, -0.05) is 12.1 Å². The minimum Gasteiger partial charge on any atom is -0.478 e. The summed E-state index contributed by atoms with van der Waals surface area (Å²) >= 11 is 0. The first-order valence-corrected chi connectivity index (χ1v) is 4.80. The molecule has 1 rings (SSSR count). The molecule has 0 radical (unpaired) electrons. The van der Waals surface area contributed by atoms with Gasteiger partial charge in [0.15, 0.2) is 0 Å². The van der Waals surface area contributed by atoms with Gasteiger partial charge in [0.05, 0.1) is 0 Å². The van der Waals surface area contributed by atoms with E-state index in [0.29, 0.717) is 18.5 Å². The zero-order valence-corrected chi connectivity index (χ0v) is 8.90. The summed E-state index contributed by atoms with van der Waals surface area (Å²) in [5, 5.41) is 8.95. The Balaban J connectivity index is 3.22. The summed E-state index contributed by atoms with van der Waals surface area (Å²) in [5.41, 5.74) is 5.99. The fourth-order valence-electron chi connectivity index (χ4n) is 1.37. The summed E-state index contributed by atoms with van der Waals surface area (Å²) in [5.74, 6) is -1.59. The van der Waals surface area contributed by atoms with Crippen LogP contribution in [-0.2, 0) is 11.2 Å². The van der Waals surface area contributed by atoms with Crippen LogP contribution in [0.3, 0.4) is 0 Å². The third kappa shape index (κ3) is 2.80. The lowest BCUT2D eigenvalue weighted by molar-refractivity contribution is -0.131. The van der Waals surface area contributed by atoms with E-state index < -0.39 is 11.9 Å². The first kappa shape index (κ1) is 12.2. The summed E-state index contributed by atoms with van der Waals surface area (Å²) in [6, 6.07) is 4.68. The highest BCUT2D eigenvalue weighted by molar-refractivity contribution is 5.92. The summed E-state index contributed by atoms with van der Waals surface area (Å²) < 4.78 is 4.92. The summed E-state index contributed by atoms with van der Waals surface area (Å²) in [6.07, 6.45) is 0.462. The number of carboxylic acids is 1. The molecule has 0 fully saturated rings. The average Bonchev–Trinajstić information content (AvgIpc) is 2.19. The maximum Gasteiger partial charge on any atom is 0.339 e. The van der Waals surface area contributed by atoms with Crippen LogP contribution >= 0.6 is 0 Å². The molecule has 0 bridgehead atoms. The highest BCUT2D eigenvalue weighted by Gasteiger charge is 2.16. The Morgan fingerprint density at radius 1 is 1.44 bits per heavy atom. The number of nitrogens with two attached hydrogens (primary N) is 1. The minimum atomic E-state index is -1.13. The van der Waals surface area contributed by atoms with Crippen LogP contribution < -0.4 is 10.5 Å². The largest absolute Gasteiger partial charge is 0.478 e. The lowest BCUT2D eigenvalue weighted by atomic mass is 10.1. The van der Waals surface area contributed by atoms with Crippen LogP contribution in [0.15, 0.2) is 18.2 Å². The van der Waals surface area contributed by atoms with E-state index in [2.05, 4.69) is 0 Å². The Hall–Kier alpha value is -1.88. The Morgan fingerprint density at radius 2 is 2.12 bits per heavy atom. The number of rotatable bonds is 4. The molecule has 0 amide bonds. The van der Waals surface area contributed by atoms with Gasteiger partial charge in [0.25, 0.3) is 0 Å². The van der Waals surface area contributed by atoms with Gasteiger partial charge in [0.2, 0.25) is 0 Å². The quantitative estimate of drug-likeness (QED) is 0.582. The van der Waals surface area contributed by atoms with Gasteiger partial charge in [-0.15, -0.1) is 0 Å². The number of carboxylic acid groups (broad SMARTS) is 1. The van der Waals surface area contributed by atoms with E-state index in [1.54, 1.807) is 12.1 Å². The highest BCUT2D eigenvalue weighted by Crippen LogP contribution is 2.24. The molecular weight excluding hydrogens is 210 g/mol. The average molecular weight is 223 g/mol. The zero-order chi connectivity index (χ0) is 12.1. The van der Waals surface area contributed by atoms with E-state index in [1.807, 2.05) is 0 Å². The number of hydrogen-bond acceptors (Lipinski definition) is 4. The fraction of sp³-hybridized carbons (Fsp3) is 0.273. The first-order valence-electron chi connectivity index (χ1n) is 4.80. The number of para-hydroxylation sites is 1. The van der Waals surface area contributed by atoms with Crippen molar-refractivity contribution in [1.82, 2.24) is 0 Å². The fourth-order valence-corrected chi connectivity index (χ4v) is 1.37.